The Balaban J connectivity index is 2.65. The van der Waals surface area contributed by atoms with Gasteiger partial charge in [-0.05, 0) is 31.8 Å². The maximum Gasteiger partial charge on any atom is 0.103 e. The summed E-state index contributed by atoms with van der Waals surface area (Å²) in [4.78, 5) is 0. The van der Waals surface area contributed by atoms with Crippen LogP contribution in [-0.4, -0.2) is 6.17 Å². The van der Waals surface area contributed by atoms with Gasteiger partial charge in [0, 0.05) is 6.42 Å². The van der Waals surface area contributed by atoms with Crippen LogP contribution in [0.5, 0.6) is 0 Å². The largest absolute Gasteiger partial charge is 0.247 e. The molecule has 1 aliphatic rings. The van der Waals surface area contributed by atoms with Crippen LogP contribution in [0.4, 0.5) is 8.78 Å². The van der Waals surface area contributed by atoms with E-state index < -0.39 is 6.17 Å². The molecule has 0 radical (unpaired) electrons. The third-order valence-corrected chi connectivity index (χ3v) is 2.12. The highest BCUT2D eigenvalue weighted by Crippen LogP contribution is 2.20. The van der Waals surface area contributed by atoms with Crippen molar-refractivity contribution in [2.24, 2.45) is 0 Å². The van der Waals surface area contributed by atoms with Crippen molar-refractivity contribution in [2.75, 3.05) is 0 Å². The zero-order valence-corrected chi connectivity index (χ0v) is 7.32. The molecule has 0 amide bonds. The molecule has 0 spiro atoms. The highest BCUT2D eigenvalue weighted by Gasteiger charge is 2.09. The second kappa shape index (κ2) is 4.39. The Kier molecular flexibility index (Phi) is 3.45. The number of allylic oxidation sites excluding steroid dienone is 4. The van der Waals surface area contributed by atoms with Crippen LogP contribution in [-0.2, 0) is 0 Å². The zero-order valence-electron chi connectivity index (χ0n) is 7.32. The summed E-state index contributed by atoms with van der Waals surface area (Å²) in [5.41, 5.74) is 0.643. The normalized spacial score (nSPS) is 26.4. The molecular weight excluding hydrogens is 158 g/mol. The quantitative estimate of drug-likeness (QED) is 0.522. The Labute approximate surface area is 72.0 Å². The molecule has 0 aromatic rings. The van der Waals surface area contributed by atoms with Crippen LogP contribution in [0.25, 0.3) is 0 Å². The molecule has 0 aliphatic heterocycles. The summed E-state index contributed by atoms with van der Waals surface area (Å²) < 4.78 is 25.9. The fourth-order valence-electron chi connectivity index (χ4n) is 1.25. The first-order chi connectivity index (χ1) is 5.70. The Hall–Kier alpha value is -0.660. The van der Waals surface area contributed by atoms with Crippen molar-refractivity contribution in [1.82, 2.24) is 0 Å². The lowest BCUT2D eigenvalue weighted by molar-refractivity contribution is 0.292. The van der Waals surface area contributed by atoms with E-state index in [-0.39, 0.29) is 12.2 Å². The summed E-state index contributed by atoms with van der Waals surface area (Å²) in [6.07, 6.45) is 4.55. The molecule has 0 nitrogen and oxygen atoms in total. The van der Waals surface area contributed by atoms with Crippen LogP contribution in [0.3, 0.4) is 0 Å². The monoisotopic (exact) mass is 172 g/mol. The maximum absolute atomic E-state index is 13.0. The van der Waals surface area contributed by atoms with E-state index in [0.29, 0.717) is 24.8 Å². The minimum atomic E-state index is -0.841. The van der Waals surface area contributed by atoms with Crippen molar-refractivity contribution in [3.8, 4) is 0 Å². The van der Waals surface area contributed by atoms with Gasteiger partial charge in [-0.2, -0.15) is 0 Å². The molecule has 0 unspecified atom stereocenters. The van der Waals surface area contributed by atoms with Crippen molar-refractivity contribution in [3.05, 3.63) is 23.6 Å². The molecule has 0 aromatic heterocycles. The van der Waals surface area contributed by atoms with Gasteiger partial charge in [-0.1, -0.05) is 12.2 Å². The molecule has 1 aliphatic carbocycles. The van der Waals surface area contributed by atoms with Gasteiger partial charge in [-0.15, -0.1) is 0 Å². The highest BCUT2D eigenvalue weighted by molar-refractivity contribution is 5.20. The first-order valence-electron chi connectivity index (χ1n) is 4.36. The van der Waals surface area contributed by atoms with Gasteiger partial charge >= 0.3 is 0 Å². The van der Waals surface area contributed by atoms with E-state index >= 15 is 0 Å². The van der Waals surface area contributed by atoms with E-state index in [9.17, 15) is 8.78 Å². The lowest BCUT2D eigenvalue weighted by atomic mass is 10.1. The van der Waals surface area contributed by atoms with E-state index in [1.54, 1.807) is 13.0 Å². The Morgan fingerprint density at radius 3 is 2.92 bits per heavy atom. The van der Waals surface area contributed by atoms with E-state index in [0.717, 1.165) is 0 Å². The van der Waals surface area contributed by atoms with E-state index in [2.05, 4.69) is 0 Å². The number of alkyl halides is 1. The van der Waals surface area contributed by atoms with Gasteiger partial charge in [0.05, 0.1) is 0 Å². The van der Waals surface area contributed by atoms with Crippen molar-refractivity contribution in [3.63, 3.8) is 0 Å². The molecular formula is C10H14F2. The average Bonchev–Trinajstić information content (AvgIpc) is 2.11. The molecule has 0 bridgehead atoms. The standard InChI is InChI=1S/C10H14F2/c1-8-4-2-3-5-9(11)6-7-10(8)12/h2,4,9H,3,5-7H2,1H3/t9-/m0/s1. The first kappa shape index (κ1) is 9.43. The fraction of sp³-hybridized carbons (Fsp3) is 0.600. The first-order valence-corrected chi connectivity index (χ1v) is 4.36. The smallest absolute Gasteiger partial charge is 0.103 e. The molecule has 1 atom stereocenters. The molecule has 0 fully saturated rings. The van der Waals surface area contributed by atoms with Gasteiger partial charge in [-0.25, -0.2) is 8.78 Å². The predicted octanol–water partition coefficient (Wildman–Crippen LogP) is 3.70. The van der Waals surface area contributed by atoms with Crippen molar-refractivity contribution in [1.29, 1.82) is 0 Å². The fourth-order valence-corrected chi connectivity index (χ4v) is 1.25. The van der Waals surface area contributed by atoms with Gasteiger partial charge in [0.1, 0.15) is 12.0 Å². The van der Waals surface area contributed by atoms with Gasteiger partial charge in [0.15, 0.2) is 0 Å². The minimum absolute atomic E-state index is 0.171. The lowest BCUT2D eigenvalue weighted by Crippen LogP contribution is -1.98. The molecule has 0 saturated carbocycles. The summed E-state index contributed by atoms with van der Waals surface area (Å²) in [5, 5.41) is 0. The van der Waals surface area contributed by atoms with Crippen LogP contribution < -0.4 is 0 Å². The molecule has 0 N–H and O–H groups in total. The lowest BCUT2D eigenvalue weighted by Gasteiger charge is -2.03. The third kappa shape index (κ3) is 2.76. The van der Waals surface area contributed by atoms with E-state index in [1.807, 2.05) is 6.08 Å². The van der Waals surface area contributed by atoms with E-state index in [1.165, 1.54) is 0 Å². The number of halogens is 2. The Morgan fingerprint density at radius 2 is 2.17 bits per heavy atom. The molecule has 2 heteroatoms. The number of rotatable bonds is 0. The van der Waals surface area contributed by atoms with Gasteiger partial charge in [0.2, 0.25) is 0 Å². The zero-order chi connectivity index (χ0) is 8.97. The van der Waals surface area contributed by atoms with Crippen molar-refractivity contribution < 1.29 is 8.78 Å². The number of hydrogen-bond donors (Lipinski definition) is 0. The Bertz CT molecular complexity index is 204. The molecule has 68 valence electrons. The molecule has 0 heterocycles. The topological polar surface area (TPSA) is 0 Å². The van der Waals surface area contributed by atoms with Gasteiger partial charge in [0.25, 0.3) is 0 Å². The SMILES string of the molecule is CC1=C(F)CC[C@@H](F)CCC=C1. The van der Waals surface area contributed by atoms with Crippen LogP contribution in [0, 0.1) is 0 Å². The van der Waals surface area contributed by atoms with Crippen LogP contribution in [0.1, 0.15) is 32.6 Å². The van der Waals surface area contributed by atoms with Crippen molar-refractivity contribution >= 4 is 0 Å². The predicted molar refractivity (Wildman–Crippen MR) is 46.3 cm³/mol. The molecule has 12 heavy (non-hydrogen) atoms. The van der Waals surface area contributed by atoms with Crippen molar-refractivity contribution in [2.45, 2.75) is 38.8 Å². The summed E-state index contributed by atoms with van der Waals surface area (Å²) in [6.45, 7) is 1.73. The molecule has 0 aromatic carbocycles. The van der Waals surface area contributed by atoms with Gasteiger partial charge < -0.3 is 0 Å². The highest BCUT2D eigenvalue weighted by atomic mass is 19.1. The molecule has 0 saturated heterocycles. The minimum Gasteiger partial charge on any atom is -0.247 e. The van der Waals surface area contributed by atoms with E-state index in [4.69, 9.17) is 0 Å². The summed E-state index contributed by atoms with van der Waals surface area (Å²) in [7, 11) is 0. The maximum atomic E-state index is 13.0. The average molecular weight is 172 g/mol. The number of hydrogen-bond acceptors (Lipinski definition) is 0. The van der Waals surface area contributed by atoms with Gasteiger partial charge in [-0.3, -0.25) is 0 Å². The summed E-state index contributed by atoms with van der Waals surface area (Å²) in [6, 6.07) is 0. The second-order valence-corrected chi connectivity index (χ2v) is 3.20. The summed E-state index contributed by atoms with van der Waals surface area (Å²) >= 11 is 0. The third-order valence-electron chi connectivity index (χ3n) is 2.12. The molecule has 1 rings (SSSR count). The van der Waals surface area contributed by atoms with Crippen LogP contribution in [0.2, 0.25) is 0 Å². The summed E-state index contributed by atoms with van der Waals surface area (Å²) in [5.74, 6) is -0.171. The Morgan fingerprint density at radius 1 is 1.42 bits per heavy atom. The van der Waals surface area contributed by atoms with Crippen LogP contribution in [0.15, 0.2) is 23.6 Å². The van der Waals surface area contributed by atoms with Crippen LogP contribution >= 0.6 is 0 Å². The second-order valence-electron chi connectivity index (χ2n) is 3.20.